The summed E-state index contributed by atoms with van der Waals surface area (Å²) in [6, 6.07) is 22.1. The molecule has 4 aromatic rings. The summed E-state index contributed by atoms with van der Waals surface area (Å²) in [6.45, 7) is 1.82. The number of carbonyl (C=O) groups is 1. The van der Waals surface area contributed by atoms with Gasteiger partial charge in [-0.2, -0.15) is 5.26 Å². The van der Waals surface area contributed by atoms with Gasteiger partial charge in [0.05, 0.1) is 39.1 Å². The number of esters is 1. The number of rotatable bonds is 9. The number of nitriles is 1. The van der Waals surface area contributed by atoms with Gasteiger partial charge in [0.15, 0.2) is 22.9 Å². The zero-order valence-corrected chi connectivity index (χ0v) is 27.3. The van der Waals surface area contributed by atoms with Crippen molar-refractivity contribution in [3.05, 3.63) is 112 Å². The first-order valence-corrected chi connectivity index (χ1v) is 16.3. The Bertz CT molecular complexity index is 1930. The van der Waals surface area contributed by atoms with E-state index in [9.17, 15) is 9.59 Å². The highest BCUT2D eigenvalue weighted by Gasteiger charge is 2.35. The van der Waals surface area contributed by atoms with E-state index in [4.69, 9.17) is 24.5 Å². The Morgan fingerprint density at radius 3 is 2.58 bits per heavy atom. The van der Waals surface area contributed by atoms with E-state index in [-0.39, 0.29) is 18.8 Å². The highest BCUT2D eigenvalue weighted by atomic mass is 127. The fourth-order valence-corrected chi connectivity index (χ4v) is 6.95. The van der Waals surface area contributed by atoms with Crippen LogP contribution in [0.5, 0.6) is 11.5 Å². The summed E-state index contributed by atoms with van der Waals surface area (Å²) in [5, 5.41) is 8.94. The number of halogens is 1. The topological polar surface area (TPSA) is 103 Å². The molecule has 43 heavy (non-hydrogen) atoms. The number of hydrogen-bond acceptors (Lipinski definition) is 9. The second-order valence-electron chi connectivity index (χ2n) is 9.19. The van der Waals surface area contributed by atoms with Crippen LogP contribution in [0.1, 0.15) is 29.7 Å². The summed E-state index contributed by atoms with van der Waals surface area (Å²) < 4.78 is 19.4. The van der Waals surface area contributed by atoms with Gasteiger partial charge in [-0.05, 0) is 77.2 Å². The predicted octanol–water partition coefficient (Wildman–Crippen LogP) is 5.17. The molecule has 0 unspecified atom stereocenters. The van der Waals surface area contributed by atoms with Crippen LogP contribution < -0.4 is 24.4 Å². The number of methoxy groups -OCH3 is 1. The lowest BCUT2D eigenvalue weighted by Crippen LogP contribution is -2.40. The number of carbonyl (C=O) groups excluding carboxylic acids is 1. The molecule has 0 saturated heterocycles. The monoisotopic (exact) mass is 723 g/mol. The fourth-order valence-electron chi connectivity index (χ4n) is 4.76. The van der Waals surface area contributed by atoms with Crippen LogP contribution in [0.2, 0.25) is 0 Å². The van der Waals surface area contributed by atoms with E-state index in [0.29, 0.717) is 37.7 Å². The number of nitrogens with zero attached hydrogens (tertiary/aromatic N) is 3. The van der Waals surface area contributed by atoms with Gasteiger partial charge in [0, 0.05) is 10.5 Å². The highest BCUT2D eigenvalue weighted by Crippen LogP contribution is 2.36. The standard InChI is InChI=1S/C32H26IN3O5S2/c1-4-40-31(38)26-27(20-8-6-5-7-9-20)35-32-36(28(26)21-10-12-22(42-3)13-11-21)30(37)25(43-32)18-19-16-23(33)29(41-15-14-34)24(17-19)39-2/h5-13,16-18,28H,4,15H2,1-3H3/b25-18-/t28-/m1/s1. The minimum absolute atomic E-state index is 0.116. The van der Waals surface area contributed by atoms with Crippen molar-refractivity contribution < 1.29 is 19.0 Å². The van der Waals surface area contributed by atoms with Crippen molar-refractivity contribution >= 4 is 63.4 Å². The Hall–Kier alpha value is -3.86. The Morgan fingerprint density at radius 1 is 1.19 bits per heavy atom. The number of ether oxygens (including phenoxy) is 3. The second-order valence-corrected chi connectivity index (χ2v) is 12.2. The maximum Gasteiger partial charge on any atom is 0.338 e. The first-order valence-electron chi connectivity index (χ1n) is 13.2. The molecule has 1 aliphatic heterocycles. The molecule has 0 saturated carbocycles. The summed E-state index contributed by atoms with van der Waals surface area (Å²) in [7, 11) is 1.52. The van der Waals surface area contributed by atoms with Gasteiger partial charge in [-0.15, -0.1) is 11.8 Å². The zero-order valence-electron chi connectivity index (χ0n) is 23.5. The summed E-state index contributed by atoms with van der Waals surface area (Å²) in [6.07, 6.45) is 3.76. The normalized spacial score (nSPS) is 14.5. The van der Waals surface area contributed by atoms with E-state index in [2.05, 4.69) is 22.6 Å². The van der Waals surface area contributed by atoms with Crippen LogP contribution in [0.25, 0.3) is 11.8 Å². The average molecular weight is 724 g/mol. The fraction of sp³-hybridized carbons (Fsp3) is 0.188. The maximum atomic E-state index is 14.2. The third-order valence-corrected chi connectivity index (χ3v) is 9.16. The predicted molar refractivity (Wildman–Crippen MR) is 176 cm³/mol. The third-order valence-electron chi connectivity index (χ3n) is 6.64. The van der Waals surface area contributed by atoms with Crippen molar-refractivity contribution in [3.63, 3.8) is 0 Å². The van der Waals surface area contributed by atoms with Crippen LogP contribution in [-0.2, 0) is 9.53 Å². The van der Waals surface area contributed by atoms with Crippen molar-refractivity contribution in [2.24, 2.45) is 4.99 Å². The first kappa shape index (κ1) is 30.6. The lowest BCUT2D eigenvalue weighted by molar-refractivity contribution is -0.138. The Kier molecular flexibility index (Phi) is 9.69. The van der Waals surface area contributed by atoms with Crippen molar-refractivity contribution in [1.82, 2.24) is 4.57 Å². The lowest BCUT2D eigenvalue weighted by Gasteiger charge is -2.26. The Balaban J connectivity index is 1.77. The van der Waals surface area contributed by atoms with Crippen LogP contribution in [-0.4, -0.2) is 37.1 Å². The molecule has 3 aromatic carbocycles. The van der Waals surface area contributed by atoms with Gasteiger partial charge < -0.3 is 14.2 Å². The molecule has 0 fully saturated rings. The smallest absolute Gasteiger partial charge is 0.338 e. The van der Waals surface area contributed by atoms with Crippen molar-refractivity contribution in [1.29, 1.82) is 5.26 Å². The molecule has 0 amide bonds. The molecule has 0 aliphatic carbocycles. The molecule has 0 bridgehead atoms. The van der Waals surface area contributed by atoms with Gasteiger partial charge in [-0.1, -0.05) is 53.8 Å². The van der Waals surface area contributed by atoms with Crippen LogP contribution in [0.3, 0.4) is 0 Å². The molecule has 5 rings (SSSR count). The van der Waals surface area contributed by atoms with Gasteiger partial charge in [0.25, 0.3) is 5.56 Å². The third kappa shape index (κ3) is 6.27. The molecule has 1 aliphatic rings. The average Bonchev–Trinajstić information content (AvgIpc) is 3.34. The zero-order chi connectivity index (χ0) is 30.5. The minimum Gasteiger partial charge on any atom is -0.493 e. The molecule has 0 radical (unpaired) electrons. The quantitative estimate of drug-likeness (QED) is 0.133. The van der Waals surface area contributed by atoms with E-state index in [1.807, 2.05) is 73.0 Å². The van der Waals surface area contributed by atoms with E-state index < -0.39 is 12.0 Å². The van der Waals surface area contributed by atoms with Crippen molar-refractivity contribution in [2.75, 3.05) is 26.6 Å². The molecule has 8 nitrogen and oxygen atoms in total. The van der Waals surface area contributed by atoms with E-state index in [0.717, 1.165) is 19.6 Å². The van der Waals surface area contributed by atoms with E-state index in [1.54, 1.807) is 35.4 Å². The summed E-state index contributed by atoms with van der Waals surface area (Å²) in [5.41, 5.74) is 2.73. The molecule has 1 atom stereocenters. The molecular formula is C32H26IN3O5S2. The van der Waals surface area contributed by atoms with Crippen LogP contribution in [0, 0.1) is 14.9 Å². The summed E-state index contributed by atoms with van der Waals surface area (Å²) >= 11 is 4.97. The summed E-state index contributed by atoms with van der Waals surface area (Å²) in [4.78, 5) is 34.2. The van der Waals surface area contributed by atoms with Crippen LogP contribution in [0.15, 0.2) is 87.0 Å². The highest BCUT2D eigenvalue weighted by molar-refractivity contribution is 14.1. The van der Waals surface area contributed by atoms with Gasteiger partial charge >= 0.3 is 5.97 Å². The maximum absolute atomic E-state index is 14.2. The molecule has 0 spiro atoms. The summed E-state index contributed by atoms with van der Waals surface area (Å²) in [5.74, 6) is 0.387. The molecule has 218 valence electrons. The number of benzene rings is 3. The number of fused-ring (bicyclic) bond motifs is 1. The lowest BCUT2D eigenvalue weighted by atomic mass is 9.93. The van der Waals surface area contributed by atoms with E-state index in [1.165, 1.54) is 18.4 Å². The minimum atomic E-state index is -0.750. The first-order chi connectivity index (χ1) is 20.9. The molecular weight excluding hydrogens is 697 g/mol. The number of thiazole rings is 1. The second kappa shape index (κ2) is 13.6. The molecule has 2 heterocycles. The van der Waals surface area contributed by atoms with Crippen LogP contribution in [0.4, 0.5) is 0 Å². The van der Waals surface area contributed by atoms with Crippen molar-refractivity contribution in [2.45, 2.75) is 17.9 Å². The van der Waals surface area contributed by atoms with Gasteiger partial charge in [0.1, 0.15) is 6.07 Å². The Labute approximate surface area is 270 Å². The Morgan fingerprint density at radius 2 is 1.93 bits per heavy atom. The van der Waals surface area contributed by atoms with Gasteiger partial charge in [-0.3, -0.25) is 9.36 Å². The molecule has 0 N–H and O–H groups in total. The number of hydrogen-bond donors (Lipinski definition) is 0. The van der Waals surface area contributed by atoms with Gasteiger partial charge in [-0.25, -0.2) is 9.79 Å². The largest absolute Gasteiger partial charge is 0.493 e. The van der Waals surface area contributed by atoms with Gasteiger partial charge in [0.2, 0.25) is 0 Å². The SMILES string of the molecule is CCOC(=O)C1=C(c2ccccc2)N=c2s/c(=C\c3cc(I)c(OCC#N)c(OC)c3)c(=O)n2[C@@H]1c1ccc(SC)cc1. The molecule has 11 heteroatoms. The molecule has 1 aromatic heterocycles. The number of thioether (sulfide) groups is 1. The van der Waals surface area contributed by atoms with Crippen molar-refractivity contribution in [3.8, 4) is 17.6 Å². The number of aromatic nitrogens is 1. The van der Waals surface area contributed by atoms with Crippen LogP contribution >= 0.6 is 45.7 Å². The van der Waals surface area contributed by atoms with E-state index >= 15 is 0 Å².